The van der Waals surface area contributed by atoms with Gasteiger partial charge >= 0.3 is 0 Å². The molecule has 0 spiro atoms. The van der Waals surface area contributed by atoms with E-state index in [0.29, 0.717) is 32.8 Å². The van der Waals surface area contributed by atoms with Crippen LogP contribution in [-0.2, 0) is 9.53 Å². The fourth-order valence-electron chi connectivity index (χ4n) is 3.91. The van der Waals surface area contributed by atoms with Crippen LogP contribution in [0.4, 0.5) is 4.39 Å². The number of amides is 2. The summed E-state index contributed by atoms with van der Waals surface area (Å²) in [5.41, 5.74) is 0.872. The fraction of sp³-hybridized carbons (Fsp3) is 0.429. The van der Waals surface area contributed by atoms with Crippen LogP contribution in [0.1, 0.15) is 34.2 Å². The van der Waals surface area contributed by atoms with Gasteiger partial charge in [0.15, 0.2) is 0 Å². The van der Waals surface area contributed by atoms with Crippen LogP contribution < -0.4 is 0 Å². The van der Waals surface area contributed by atoms with Crippen LogP contribution >= 0.6 is 11.3 Å². The molecule has 3 heterocycles. The molecule has 1 aromatic carbocycles. The molecule has 0 saturated carbocycles. The lowest BCUT2D eigenvalue weighted by molar-refractivity contribution is -0.144. The number of thiophene rings is 1. The first-order valence-electron chi connectivity index (χ1n) is 9.60. The lowest BCUT2D eigenvalue weighted by atomic mass is 9.95. The SMILES string of the molecule is O=C(c1cccs1)N1CCCC(C(=O)N2CCOC(c3ccc(F)cc3)C2)C1. The number of hydrogen-bond donors (Lipinski definition) is 0. The molecule has 2 saturated heterocycles. The van der Waals surface area contributed by atoms with Crippen molar-refractivity contribution in [1.29, 1.82) is 0 Å². The molecule has 148 valence electrons. The van der Waals surface area contributed by atoms with Gasteiger partial charge in [0, 0.05) is 19.6 Å². The Balaban J connectivity index is 1.40. The van der Waals surface area contributed by atoms with Gasteiger partial charge in [-0.1, -0.05) is 18.2 Å². The molecule has 1 aromatic heterocycles. The van der Waals surface area contributed by atoms with Crippen LogP contribution in [-0.4, -0.2) is 54.4 Å². The van der Waals surface area contributed by atoms with Crippen molar-refractivity contribution in [3.63, 3.8) is 0 Å². The zero-order valence-corrected chi connectivity index (χ0v) is 16.4. The van der Waals surface area contributed by atoms with E-state index in [1.54, 1.807) is 17.0 Å². The number of nitrogens with zero attached hydrogens (tertiary/aromatic N) is 2. The van der Waals surface area contributed by atoms with E-state index in [2.05, 4.69) is 0 Å². The Hall–Kier alpha value is -2.25. The van der Waals surface area contributed by atoms with Gasteiger partial charge in [-0.15, -0.1) is 11.3 Å². The van der Waals surface area contributed by atoms with Crippen LogP contribution in [0.3, 0.4) is 0 Å². The summed E-state index contributed by atoms with van der Waals surface area (Å²) in [4.78, 5) is 30.1. The maximum Gasteiger partial charge on any atom is 0.263 e. The van der Waals surface area contributed by atoms with Crippen molar-refractivity contribution in [2.45, 2.75) is 18.9 Å². The quantitative estimate of drug-likeness (QED) is 0.791. The smallest absolute Gasteiger partial charge is 0.263 e. The van der Waals surface area contributed by atoms with Gasteiger partial charge in [-0.2, -0.15) is 0 Å². The van der Waals surface area contributed by atoms with Gasteiger partial charge < -0.3 is 14.5 Å². The predicted molar refractivity (Wildman–Crippen MR) is 105 cm³/mol. The van der Waals surface area contributed by atoms with Gasteiger partial charge in [0.25, 0.3) is 5.91 Å². The molecule has 2 unspecified atom stereocenters. The molecule has 4 rings (SSSR count). The molecular formula is C21H23FN2O3S. The highest BCUT2D eigenvalue weighted by atomic mass is 32.1. The Labute approximate surface area is 167 Å². The van der Waals surface area contributed by atoms with Gasteiger partial charge in [-0.25, -0.2) is 4.39 Å². The van der Waals surface area contributed by atoms with E-state index in [1.165, 1.54) is 23.5 Å². The fourth-order valence-corrected chi connectivity index (χ4v) is 4.60. The number of carbonyl (C=O) groups is 2. The van der Waals surface area contributed by atoms with Crippen molar-refractivity contribution in [1.82, 2.24) is 9.80 Å². The van der Waals surface area contributed by atoms with Crippen LogP contribution in [0.2, 0.25) is 0 Å². The van der Waals surface area contributed by atoms with Crippen molar-refractivity contribution in [3.05, 3.63) is 58.0 Å². The first-order valence-corrected chi connectivity index (χ1v) is 10.5. The van der Waals surface area contributed by atoms with Gasteiger partial charge in [-0.3, -0.25) is 9.59 Å². The maximum absolute atomic E-state index is 13.2. The first kappa shape index (κ1) is 19.1. The molecule has 5 nitrogen and oxygen atoms in total. The predicted octanol–water partition coefficient (Wildman–Crippen LogP) is 3.34. The molecule has 7 heteroatoms. The number of carbonyl (C=O) groups excluding carboxylic acids is 2. The molecule has 2 atom stereocenters. The minimum absolute atomic E-state index is 0.0127. The molecule has 28 heavy (non-hydrogen) atoms. The van der Waals surface area contributed by atoms with Crippen molar-refractivity contribution in [2.75, 3.05) is 32.8 Å². The number of morpholine rings is 1. The third kappa shape index (κ3) is 4.10. The van der Waals surface area contributed by atoms with Crippen LogP contribution in [0, 0.1) is 11.7 Å². The molecule has 2 aliphatic rings. The van der Waals surface area contributed by atoms with Crippen LogP contribution in [0.25, 0.3) is 0 Å². The second-order valence-electron chi connectivity index (χ2n) is 7.26. The van der Waals surface area contributed by atoms with E-state index >= 15 is 0 Å². The van der Waals surface area contributed by atoms with Gasteiger partial charge in [0.1, 0.15) is 11.9 Å². The number of piperidine rings is 1. The molecule has 2 aromatic rings. The minimum Gasteiger partial charge on any atom is -0.370 e. The summed E-state index contributed by atoms with van der Waals surface area (Å²) in [6.45, 7) is 2.63. The van der Waals surface area contributed by atoms with Crippen LogP contribution in [0.5, 0.6) is 0 Å². The Kier molecular flexibility index (Phi) is 5.73. The Morgan fingerprint density at radius 1 is 1.07 bits per heavy atom. The third-order valence-electron chi connectivity index (χ3n) is 5.41. The van der Waals surface area contributed by atoms with Gasteiger partial charge in [0.2, 0.25) is 5.91 Å². The van der Waals surface area contributed by atoms with Gasteiger partial charge in [-0.05, 0) is 42.0 Å². The zero-order valence-electron chi connectivity index (χ0n) is 15.6. The zero-order chi connectivity index (χ0) is 19.5. The Bertz CT molecular complexity index is 825. The van der Waals surface area contributed by atoms with E-state index < -0.39 is 0 Å². The molecule has 0 aliphatic carbocycles. The van der Waals surface area contributed by atoms with Crippen LogP contribution in [0.15, 0.2) is 41.8 Å². The highest BCUT2D eigenvalue weighted by Crippen LogP contribution is 2.26. The minimum atomic E-state index is -0.287. The summed E-state index contributed by atoms with van der Waals surface area (Å²) in [5.74, 6) is -0.368. The Morgan fingerprint density at radius 3 is 2.64 bits per heavy atom. The summed E-state index contributed by atoms with van der Waals surface area (Å²) >= 11 is 1.43. The summed E-state index contributed by atoms with van der Waals surface area (Å²) in [7, 11) is 0. The number of benzene rings is 1. The number of hydrogen-bond acceptors (Lipinski definition) is 4. The highest BCUT2D eigenvalue weighted by molar-refractivity contribution is 7.12. The number of rotatable bonds is 3. The standard InChI is InChI=1S/C21H23FN2O3S/c22-17-7-5-15(6-8-17)18-14-24(10-11-27-18)20(25)16-3-1-9-23(13-16)21(26)19-4-2-12-28-19/h2,4-8,12,16,18H,1,3,9-11,13-14H2. The summed E-state index contributed by atoms with van der Waals surface area (Å²) in [6.07, 6.45) is 1.39. The maximum atomic E-state index is 13.2. The summed E-state index contributed by atoms with van der Waals surface area (Å²) in [5, 5.41) is 1.89. The molecular weight excluding hydrogens is 379 g/mol. The number of ether oxygens (including phenoxy) is 1. The second-order valence-corrected chi connectivity index (χ2v) is 8.21. The van der Waals surface area contributed by atoms with E-state index in [1.807, 2.05) is 22.4 Å². The van der Waals surface area contributed by atoms with E-state index in [0.717, 1.165) is 23.3 Å². The first-order chi connectivity index (χ1) is 13.6. The van der Waals surface area contributed by atoms with E-state index in [4.69, 9.17) is 4.74 Å². The lowest BCUT2D eigenvalue weighted by Crippen LogP contribution is -2.50. The normalized spacial score (nSPS) is 22.9. The van der Waals surface area contributed by atoms with Gasteiger partial charge in [0.05, 0.1) is 23.9 Å². The number of likely N-dealkylation sites (tertiary alicyclic amines) is 1. The molecule has 0 N–H and O–H groups in total. The van der Waals surface area contributed by atoms with E-state index in [-0.39, 0.29) is 29.7 Å². The van der Waals surface area contributed by atoms with Crippen molar-refractivity contribution >= 4 is 23.2 Å². The largest absolute Gasteiger partial charge is 0.370 e. The highest BCUT2D eigenvalue weighted by Gasteiger charge is 2.34. The topological polar surface area (TPSA) is 49.9 Å². The van der Waals surface area contributed by atoms with Crippen molar-refractivity contribution in [3.8, 4) is 0 Å². The monoisotopic (exact) mass is 402 g/mol. The molecule has 2 fully saturated rings. The average molecular weight is 402 g/mol. The second kappa shape index (κ2) is 8.41. The molecule has 0 radical (unpaired) electrons. The van der Waals surface area contributed by atoms with E-state index in [9.17, 15) is 14.0 Å². The van der Waals surface area contributed by atoms with Crippen molar-refractivity contribution < 1.29 is 18.7 Å². The summed E-state index contributed by atoms with van der Waals surface area (Å²) < 4.78 is 19.0. The van der Waals surface area contributed by atoms with Crippen molar-refractivity contribution in [2.24, 2.45) is 5.92 Å². The molecule has 0 bridgehead atoms. The molecule has 2 amide bonds. The molecule has 2 aliphatic heterocycles. The third-order valence-corrected chi connectivity index (χ3v) is 6.27. The number of halogens is 1. The lowest BCUT2D eigenvalue weighted by Gasteiger charge is -2.38. The Morgan fingerprint density at radius 2 is 1.89 bits per heavy atom. The average Bonchev–Trinajstić information content (AvgIpc) is 3.28. The summed E-state index contributed by atoms with van der Waals surface area (Å²) in [6, 6.07) is 9.93.